The van der Waals surface area contributed by atoms with Gasteiger partial charge >= 0.3 is 6.09 Å². The molecule has 2 saturated heterocycles. The molecule has 2 aromatic rings. The number of nitrogens with zero attached hydrogens (tertiary/aromatic N) is 2. The number of methoxy groups -OCH3 is 1. The number of hydrogen-bond donors (Lipinski definition) is 2. The van der Waals surface area contributed by atoms with Gasteiger partial charge in [0.05, 0.1) is 18.2 Å². The molecule has 0 spiro atoms. The van der Waals surface area contributed by atoms with Crippen molar-refractivity contribution in [2.45, 2.75) is 58.0 Å². The predicted octanol–water partition coefficient (Wildman–Crippen LogP) is 5.71. The van der Waals surface area contributed by atoms with E-state index in [1.54, 1.807) is 30.9 Å². The molecule has 2 aliphatic rings. The molecule has 10 nitrogen and oxygen atoms in total. The second kappa shape index (κ2) is 15.0. The number of halogens is 1. The number of allylic oxidation sites excluding steroid dienone is 5. The third kappa shape index (κ3) is 8.61. The molecule has 2 fully saturated rings. The summed E-state index contributed by atoms with van der Waals surface area (Å²) < 4.78 is 24.5. The summed E-state index contributed by atoms with van der Waals surface area (Å²) in [6.45, 7) is 8.89. The monoisotopic (exact) mass is 622 g/mol. The highest BCUT2D eigenvalue weighted by atomic mass is 19.1. The van der Waals surface area contributed by atoms with Crippen LogP contribution >= 0.6 is 0 Å². The van der Waals surface area contributed by atoms with Crippen LogP contribution in [0.15, 0.2) is 55.0 Å². The van der Waals surface area contributed by atoms with Crippen LogP contribution in [0.4, 0.5) is 9.18 Å². The van der Waals surface area contributed by atoms with Crippen LogP contribution in [0.3, 0.4) is 0 Å². The first-order valence-electron chi connectivity index (χ1n) is 15.5. The fourth-order valence-electron chi connectivity index (χ4n) is 5.86. The molecule has 2 N–H and O–H groups in total. The predicted molar refractivity (Wildman–Crippen MR) is 170 cm³/mol. The fourth-order valence-corrected chi connectivity index (χ4v) is 5.86. The molecular formula is C34H43FN4O6. The van der Waals surface area contributed by atoms with Crippen molar-refractivity contribution in [3.63, 3.8) is 0 Å². The largest absolute Gasteiger partial charge is 0.496 e. The molecule has 2 aliphatic heterocycles. The molecule has 3 amide bonds. The van der Waals surface area contributed by atoms with Gasteiger partial charge in [0.25, 0.3) is 17.6 Å². The smallest absolute Gasteiger partial charge is 0.407 e. The van der Waals surface area contributed by atoms with E-state index in [0.717, 1.165) is 25.7 Å². The number of aromatic nitrogens is 1. The minimum absolute atomic E-state index is 0.149. The van der Waals surface area contributed by atoms with Crippen LogP contribution < -0.4 is 10.1 Å². The number of nitrogens with one attached hydrogen (secondary N) is 2. The average molecular weight is 623 g/mol. The zero-order valence-corrected chi connectivity index (χ0v) is 26.3. The van der Waals surface area contributed by atoms with Gasteiger partial charge in [-0.3, -0.25) is 14.4 Å². The lowest BCUT2D eigenvalue weighted by Gasteiger charge is -2.32. The summed E-state index contributed by atoms with van der Waals surface area (Å²) in [7, 11) is 1.49. The van der Waals surface area contributed by atoms with Gasteiger partial charge in [0.15, 0.2) is 0 Å². The van der Waals surface area contributed by atoms with Gasteiger partial charge in [-0.15, -0.1) is 0 Å². The standard InChI is InChI=1S/C34H43FN4O6/c1-5-9-24(35)11-7-6-10-23-12-17-39(18-13-23)31(41)26-20-25-27(22-37-28(25)21-29(26)44-4)30(40)32(42)38-16-8-14-34(2,3)45-33(43)36-15-19-38/h5,7,9,11,20-23,37H,1,6,8,10,12-19H2,2-4H3,(H,36,43)/b11-7-,24-9+. The minimum Gasteiger partial charge on any atom is -0.496 e. The Labute approximate surface area is 263 Å². The molecule has 0 aliphatic carbocycles. The van der Waals surface area contributed by atoms with Gasteiger partial charge in [-0.25, -0.2) is 9.18 Å². The lowest BCUT2D eigenvalue weighted by atomic mass is 9.91. The molecule has 4 rings (SSSR count). The van der Waals surface area contributed by atoms with Gasteiger partial charge in [-0.2, -0.15) is 0 Å². The van der Waals surface area contributed by atoms with E-state index in [2.05, 4.69) is 16.9 Å². The molecule has 242 valence electrons. The van der Waals surface area contributed by atoms with E-state index >= 15 is 0 Å². The van der Waals surface area contributed by atoms with Crippen molar-refractivity contribution in [2.24, 2.45) is 5.92 Å². The number of carbonyl (C=O) groups excluding carboxylic acids is 4. The van der Waals surface area contributed by atoms with Gasteiger partial charge in [0.1, 0.15) is 17.2 Å². The number of aromatic amines is 1. The number of rotatable bonds is 9. The lowest BCUT2D eigenvalue weighted by Crippen LogP contribution is -2.45. The zero-order valence-electron chi connectivity index (χ0n) is 26.3. The van der Waals surface area contributed by atoms with Crippen molar-refractivity contribution >= 4 is 34.6 Å². The van der Waals surface area contributed by atoms with Gasteiger partial charge in [0, 0.05) is 55.9 Å². The highest BCUT2D eigenvalue weighted by Crippen LogP contribution is 2.31. The molecule has 1 aromatic heterocycles. The third-order valence-electron chi connectivity index (χ3n) is 8.38. The van der Waals surface area contributed by atoms with E-state index in [1.165, 1.54) is 36.4 Å². The number of alkyl carbamates (subject to hydrolysis) is 1. The number of piperidine rings is 1. The number of ether oxygens (including phenoxy) is 2. The Hall–Kier alpha value is -4.41. The maximum absolute atomic E-state index is 13.7. The molecule has 0 unspecified atom stereocenters. The topological polar surface area (TPSA) is 121 Å². The van der Waals surface area contributed by atoms with Crippen LogP contribution in [0.25, 0.3) is 10.9 Å². The first-order chi connectivity index (χ1) is 21.5. The molecule has 0 atom stereocenters. The van der Waals surface area contributed by atoms with Crippen molar-refractivity contribution in [3.05, 3.63) is 66.2 Å². The Morgan fingerprint density at radius 3 is 2.60 bits per heavy atom. The normalized spacial score (nSPS) is 18.4. The summed E-state index contributed by atoms with van der Waals surface area (Å²) >= 11 is 0. The van der Waals surface area contributed by atoms with Gasteiger partial charge < -0.3 is 29.6 Å². The number of carbonyl (C=O) groups is 4. The number of benzene rings is 1. The van der Waals surface area contributed by atoms with Crippen LogP contribution in [0.5, 0.6) is 5.75 Å². The highest BCUT2D eigenvalue weighted by Gasteiger charge is 2.31. The number of hydrogen-bond acceptors (Lipinski definition) is 6. The Bertz CT molecular complexity index is 1480. The number of fused-ring (bicyclic) bond motifs is 1. The van der Waals surface area contributed by atoms with Gasteiger partial charge in [0.2, 0.25) is 0 Å². The van der Waals surface area contributed by atoms with Crippen molar-refractivity contribution in [3.8, 4) is 5.75 Å². The van der Waals surface area contributed by atoms with Crippen molar-refractivity contribution in [1.29, 1.82) is 0 Å². The van der Waals surface area contributed by atoms with Crippen molar-refractivity contribution in [1.82, 2.24) is 20.1 Å². The molecule has 45 heavy (non-hydrogen) atoms. The average Bonchev–Trinajstić information content (AvgIpc) is 3.43. The SMILES string of the molecule is C=C/C=C(F)\C=C/CCC1CCN(C(=O)c2cc3c(C(=O)C(=O)N4CCCC(C)(C)OC(=O)NCC4)c[nH]c3cc2OC)CC1. The van der Waals surface area contributed by atoms with Crippen LogP contribution in [0.1, 0.15) is 73.1 Å². The third-order valence-corrected chi connectivity index (χ3v) is 8.38. The number of amides is 3. The molecule has 0 radical (unpaired) electrons. The van der Waals surface area contributed by atoms with Crippen LogP contribution in [-0.4, -0.2) is 83.9 Å². The molecule has 0 bridgehead atoms. The fraction of sp³-hybridized carbons (Fsp3) is 0.471. The number of Topliss-reactive ketones (excluding diaryl/α,β-unsaturated/α-hetero) is 1. The van der Waals surface area contributed by atoms with Crippen LogP contribution in [0, 0.1) is 5.92 Å². The molecule has 3 heterocycles. The minimum atomic E-state index is -0.699. The lowest BCUT2D eigenvalue weighted by molar-refractivity contribution is -0.126. The van der Waals surface area contributed by atoms with Gasteiger partial charge in [-0.1, -0.05) is 18.7 Å². The van der Waals surface area contributed by atoms with Crippen molar-refractivity contribution < 1.29 is 33.0 Å². The van der Waals surface area contributed by atoms with Crippen LogP contribution in [0.2, 0.25) is 0 Å². The second-order valence-electron chi connectivity index (χ2n) is 12.1. The summed E-state index contributed by atoms with van der Waals surface area (Å²) in [5, 5.41) is 3.09. The van der Waals surface area contributed by atoms with Crippen molar-refractivity contribution in [2.75, 3.05) is 39.8 Å². The van der Waals surface area contributed by atoms with Gasteiger partial charge in [-0.05, 0) is 76.5 Å². The molecule has 11 heteroatoms. The first-order valence-corrected chi connectivity index (χ1v) is 15.5. The molecule has 0 saturated carbocycles. The molecular weight excluding hydrogens is 579 g/mol. The number of H-pyrrole nitrogens is 1. The second-order valence-corrected chi connectivity index (χ2v) is 12.1. The Balaban J connectivity index is 1.45. The van der Waals surface area contributed by atoms with E-state index in [-0.39, 0.29) is 30.4 Å². The Morgan fingerprint density at radius 2 is 1.89 bits per heavy atom. The number of ketones is 1. The number of cyclic esters (lactones) is 1. The van der Waals surface area contributed by atoms with E-state index in [9.17, 15) is 23.6 Å². The zero-order chi connectivity index (χ0) is 32.6. The van der Waals surface area contributed by atoms with E-state index in [4.69, 9.17) is 9.47 Å². The van der Waals surface area contributed by atoms with Crippen LogP contribution in [-0.2, 0) is 9.53 Å². The Morgan fingerprint density at radius 1 is 1.13 bits per heavy atom. The maximum atomic E-state index is 13.7. The Kier molecular flexibility index (Phi) is 11.2. The summed E-state index contributed by atoms with van der Waals surface area (Å²) in [6, 6.07) is 3.29. The maximum Gasteiger partial charge on any atom is 0.407 e. The van der Waals surface area contributed by atoms with E-state index in [0.29, 0.717) is 60.6 Å². The van der Waals surface area contributed by atoms with E-state index in [1.807, 2.05) is 6.08 Å². The summed E-state index contributed by atoms with van der Waals surface area (Å²) in [5.74, 6) is -1.10. The highest BCUT2D eigenvalue weighted by molar-refractivity contribution is 6.45. The quantitative estimate of drug-likeness (QED) is 0.210. The van der Waals surface area contributed by atoms with E-state index < -0.39 is 23.4 Å². The number of likely N-dealkylation sites (tertiary alicyclic amines) is 1. The summed E-state index contributed by atoms with van der Waals surface area (Å²) in [4.78, 5) is 59.0. The first kappa shape index (κ1) is 33.5. The summed E-state index contributed by atoms with van der Waals surface area (Å²) in [5.41, 5.74) is 0.358. The molecule has 1 aromatic carbocycles. The summed E-state index contributed by atoms with van der Waals surface area (Å²) in [6.07, 6.45) is 11.3.